The minimum atomic E-state index is 0.229. The summed E-state index contributed by atoms with van der Waals surface area (Å²) in [6, 6.07) is 4.97. The van der Waals surface area contributed by atoms with Crippen molar-refractivity contribution < 1.29 is 4.79 Å². The lowest BCUT2D eigenvalue weighted by Gasteiger charge is -2.31. The number of anilines is 1. The molecule has 2 atom stereocenters. The van der Waals surface area contributed by atoms with Crippen molar-refractivity contribution in [3.8, 4) is 0 Å². The van der Waals surface area contributed by atoms with E-state index in [0.717, 1.165) is 38.2 Å². The molecule has 2 fully saturated rings. The van der Waals surface area contributed by atoms with Crippen LogP contribution in [0.1, 0.15) is 37.7 Å². The van der Waals surface area contributed by atoms with Crippen LogP contribution in [-0.4, -0.2) is 48.5 Å². The van der Waals surface area contributed by atoms with Crippen LogP contribution >= 0.6 is 0 Å². The second-order valence-corrected chi connectivity index (χ2v) is 6.63. The van der Waals surface area contributed by atoms with Crippen LogP contribution in [0.2, 0.25) is 0 Å². The van der Waals surface area contributed by atoms with Gasteiger partial charge in [0, 0.05) is 57.4 Å². The molecule has 2 aliphatic rings. The molecule has 0 bridgehead atoms. The standard InChI is InChI=1S/C17H26N4O/c1-20(2)17-13(6-5-10-18-17)12-21-11-9-14-15(21)7-3-4-8-16(22)19-14/h5-6,10,14-15H,3-4,7-9,11-12H2,1-2H3,(H,19,22)/t14-,15+/m0/s1. The summed E-state index contributed by atoms with van der Waals surface area (Å²) >= 11 is 0. The highest BCUT2D eigenvalue weighted by Gasteiger charge is 2.35. The summed E-state index contributed by atoms with van der Waals surface area (Å²) in [5.74, 6) is 1.27. The molecule has 2 saturated heterocycles. The molecule has 0 radical (unpaired) electrons. The summed E-state index contributed by atoms with van der Waals surface area (Å²) in [6.07, 6.45) is 6.95. The number of nitrogens with one attached hydrogen (secondary N) is 1. The van der Waals surface area contributed by atoms with Gasteiger partial charge in [-0.05, 0) is 25.3 Å². The third-order valence-electron chi connectivity index (χ3n) is 4.83. The highest BCUT2D eigenvalue weighted by molar-refractivity contribution is 5.76. The largest absolute Gasteiger partial charge is 0.362 e. The zero-order chi connectivity index (χ0) is 15.5. The number of carbonyl (C=O) groups is 1. The van der Waals surface area contributed by atoms with Crippen molar-refractivity contribution in [2.24, 2.45) is 0 Å². The van der Waals surface area contributed by atoms with Gasteiger partial charge < -0.3 is 10.2 Å². The molecule has 3 rings (SSSR count). The quantitative estimate of drug-likeness (QED) is 0.924. The van der Waals surface area contributed by atoms with E-state index in [4.69, 9.17) is 0 Å². The molecular weight excluding hydrogens is 276 g/mol. The van der Waals surface area contributed by atoms with Gasteiger partial charge in [0.05, 0.1) is 0 Å². The first-order valence-corrected chi connectivity index (χ1v) is 8.30. The lowest BCUT2D eigenvalue weighted by atomic mass is 9.98. The summed E-state index contributed by atoms with van der Waals surface area (Å²) in [5.41, 5.74) is 1.27. The molecule has 5 nitrogen and oxygen atoms in total. The lowest BCUT2D eigenvalue weighted by Crippen LogP contribution is -2.45. The van der Waals surface area contributed by atoms with Gasteiger partial charge >= 0.3 is 0 Å². The third kappa shape index (κ3) is 3.24. The summed E-state index contributed by atoms with van der Waals surface area (Å²) < 4.78 is 0. The number of amides is 1. The Labute approximate surface area is 132 Å². The van der Waals surface area contributed by atoms with Gasteiger partial charge in [-0.3, -0.25) is 9.69 Å². The van der Waals surface area contributed by atoms with Gasteiger partial charge in [0.25, 0.3) is 0 Å². The fourth-order valence-corrected chi connectivity index (χ4v) is 3.76. The van der Waals surface area contributed by atoms with Crippen molar-refractivity contribution in [1.82, 2.24) is 15.2 Å². The predicted molar refractivity (Wildman–Crippen MR) is 87.8 cm³/mol. The molecule has 1 aromatic rings. The highest BCUT2D eigenvalue weighted by atomic mass is 16.1. The minimum Gasteiger partial charge on any atom is -0.362 e. The minimum absolute atomic E-state index is 0.229. The van der Waals surface area contributed by atoms with E-state index in [2.05, 4.69) is 26.2 Å². The molecule has 1 amide bonds. The van der Waals surface area contributed by atoms with Gasteiger partial charge in [-0.2, -0.15) is 0 Å². The van der Waals surface area contributed by atoms with Crippen molar-refractivity contribution in [2.45, 2.75) is 50.7 Å². The zero-order valence-electron chi connectivity index (χ0n) is 13.6. The van der Waals surface area contributed by atoms with Crippen LogP contribution in [0, 0.1) is 0 Å². The molecule has 22 heavy (non-hydrogen) atoms. The molecule has 3 heterocycles. The van der Waals surface area contributed by atoms with Crippen molar-refractivity contribution in [3.63, 3.8) is 0 Å². The third-order valence-corrected chi connectivity index (χ3v) is 4.83. The summed E-state index contributed by atoms with van der Waals surface area (Å²) in [5, 5.41) is 3.23. The van der Waals surface area contributed by atoms with Gasteiger partial charge in [-0.15, -0.1) is 0 Å². The Bertz CT molecular complexity index is 531. The Kier molecular flexibility index (Phi) is 4.62. The van der Waals surface area contributed by atoms with Crippen molar-refractivity contribution in [3.05, 3.63) is 23.9 Å². The van der Waals surface area contributed by atoms with Crippen LogP contribution in [0.4, 0.5) is 5.82 Å². The van der Waals surface area contributed by atoms with Crippen LogP contribution in [0.3, 0.4) is 0 Å². The van der Waals surface area contributed by atoms with Crippen LogP contribution in [0.15, 0.2) is 18.3 Å². The maximum atomic E-state index is 11.8. The molecule has 120 valence electrons. The highest BCUT2D eigenvalue weighted by Crippen LogP contribution is 2.28. The first kappa shape index (κ1) is 15.3. The molecule has 0 unspecified atom stereocenters. The molecule has 0 spiro atoms. The molecule has 0 aliphatic carbocycles. The van der Waals surface area contributed by atoms with Crippen molar-refractivity contribution >= 4 is 11.7 Å². The number of carbonyl (C=O) groups excluding carboxylic acids is 1. The Balaban J connectivity index is 1.74. The predicted octanol–water partition coefficient (Wildman–Crippen LogP) is 1.78. The average Bonchev–Trinajstić information content (AvgIpc) is 2.83. The first-order valence-electron chi connectivity index (χ1n) is 8.30. The number of hydrogen-bond acceptors (Lipinski definition) is 4. The monoisotopic (exact) mass is 302 g/mol. The fourth-order valence-electron chi connectivity index (χ4n) is 3.76. The molecule has 0 saturated carbocycles. The fraction of sp³-hybridized carbons (Fsp3) is 0.647. The van der Waals surface area contributed by atoms with Crippen molar-refractivity contribution in [2.75, 3.05) is 25.5 Å². The van der Waals surface area contributed by atoms with E-state index in [1.807, 2.05) is 26.4 Å². The van der Waals surface area contributed by atoms with Crippen molar-refractivity contribution in [1.29, 1.82) is 0 Å². The van der Waals surface area contributed by atoms with Crippen LogP contribution < -0.4 is 10.2 Å². The smallest absolute Gasteiger partial charge is 0.220 e. The second-order valence-electron chi connectivity index (χ2n) is 6.63. The zero-order valence-corrected chi connectivity index (χ0v) is 13.6. The summed E-state index contributed by atoms with van der Waals surface area (Å²) in [7, 11) is 4.07. The van der Waals surface area contributed by atoms with Crippen LogP contribution in [0.25, 0.3) is 0 Å². The Morgan fingerprint density at radius 3 is 3.05 bits per heavy atom. The number of hydrogen-bond donors (Lipinski definition) is 1. The first-order chi connectivity index (χ1) is 10.6. The van der Waals surface area contributed by atoms with E-state index in [1.165, 1.54) is 12.0 Å². The lowest BCUT2D eigenvalue weighted by molar-refractivity contribution is -0.122. The number of fused-ring (bicyclic) bond motifs is 1. The maximum Gasteiger partial charge on any atom is 0.220 e. The van der Waals surface area contributed by atoms with E-state index in [-0.39, 0.29) is 5.91 Å². The molecule has 1 aromatic heterocycles. The molecular formula is C17H26N4O. The number of rotatable bonds is 3. The Morgan fingerprint density at radius 2 is 2.23 bits per heavy atom. The van der Waals surface area contributed by atoms with Gasteiger partial charge in [-0.25, -0.2) is 4.98 Å². The van der Waals surface area contributed by atoms with E-state index >= 15 is 0 Å². The van der Waals surface area contributed by atoms with E-state index in [0.29, 0.717) is 18.5 Å². The second kappa shape index (κ2) is 6.65. The van der Waals surface area contributed by atoms with Gasteiger partial charge in [0.1, 0.15) is 5.82 Å². The molecule has 5 heteroatoms. The van der Waals surface area contributed by atoms with E-state index in [1.54, 1.807) is 0 Å². The Morgan fingerprint density at radius 1 is 1.36 bits per heavy atom. The van der Waals surface area contributed by atoms with E-state index < -0.39 is 0 Å². The molecule has 2 aliphatic heterocycles. The number of aromatic nitrogens is 1. The normalized spacial score (nSPS) is 26.0. The maximum absolute atomic E-state index is 11.8. The Hall–Kier alpha value is -1.62. The van der Waals surface area contributed by atoms with Gasteiger partial charge in [0.15, 0.2) is 0 Å². The van der Waals surface area contributed by atoms with E-state index in [9.17, 15) is 4.79 Å². The summed E-state index contributed by atoms with van der Waals surface area (Å²) in [4.78, 5) is 20.9. The topological polar surface area (TPSA) is 48.5 Å². The number of nitrogens with zero attached hydrogens (tertiary/aromatic N) is 3. The SMILES string of the molecule is CN(C)c1ncccc1CN1CC[C@@H]2NC(=O)CCCC[C@H]21. The van der Waals surface area contributed by atoms with Gasteiger partial charge in [0.2, 0.25) is 5.91 Å². The number of likely N-dealkylation sites (tertiary alicyclic amines) is 1. The molecule has 1 N–H and O–H groups in total. The average molecular weight is 302 g/mol. The van der Waals surface area contributed by atoms with Crippen LogP contribution in [-0.2, 0) is 11.3 Å². The number of pyridine rings is 1. The van der Waals surface area contributed by atoms with Gasteiger partial charge in [-0.1, -0.05) is 12.5 Å². The summed E-state index contributed by atoms with van der Waals surface area (Å²) in [6.45, 7) is 1.97. The van der Waals surface area contributed by atoms with Crippen LogP contribution in [0.5, 0.6) is 0 Å². The molecule has 0 aromatic carbocycles.